The largest absolute Gasteiger partial charge is 0.465 e. The Morgan fingerprint density at radius 3 is 2.42 bits per heavy atom. The quantitative estimate of drug-likeness (QED) is 0.422. The van der Waals surface area contributed by atoms with E-state index in [0.29, 0.717) is 19.3 Å². The highest BCUT2D eigenvalue weighted by molar-refractivity contribution is 5.64. The summed E-state index contributed by atoms with van der Waals surface area (Å²) in [5.74, 6) is 0. The maximum absolute atomic E-state index is 10.1. The third-order valence-corrected chi connectivity index (χ3v) is 1.51. The maximum atomic E-state index is 10.1. The number of carboxylic acid groups (broad SMARTS) is 1. The number of aliphatic hydroxyl groups excluding tert-OH is 2. The fourth-order valence-electron chi connectivity index (χ4n) is 0.886. The molecule has 0 bridgehead atoms. The van der Waals surface area contributed by atoms with Crippen molar-refractivity contribution in [3.63, 3.8) is 0 Å². The molecule has 0 aromatic carbocycles. The fraction of sp³-hybridized carbons (Fsp3) is 0.857. The molecule has 1 atom stereocenters. The van der Waals surface area contributed by atoms with Crippen LogP contribution in [0.4, 0.5) is 4.79 Å². The molecule has 0 fully saturated rings. The van der Waals surface area contributed by atoms with E-state index in [1.54, 1.807) is 0 Å². The monoisotopic (exact) mass is 177 g/mol. The van der Waals surface area contributed by atoms with Gasteiger partial charge in [-0.25, -0.2) is 4.79 Å². The molecule has 72 valence electrons. The highest BCUT2D eigenvalue weighted by Crippen LogP contribution is 1.99. The predicted octanol–water partition coefficient (Wildman–Crippen LogP) is -0.223. The summed E-state index contributed by atoms with van der Waals surface area (Å²) >= 11 is 0. The van der Waals surface area contributed by atoms with Crippen molar-refractivity contribution in [3.05, 3.63) is 0 Å². The lowest BCUT2D eigenvalue weighted by Crippen LogP contribution is -2.36. The average molecular weight is 177 g/mol. The zero-order valence-electron chi connectivity index (χ0n) is 6.86. The van der Waals surface area contributed by atoms with Crippen molar-refractivity contribution in [3.8, 4) is 0 Å². The normalized spacial score (nSPS) is 12.5. The number of nitrogens with one attached hydrogen (secondary N) is 1. The van der Waals surface area contributed by atoms with Gasteiger partial charge in [0.1, 0.15) is 0 Å². The van der Waals surface area contributed by atoms with E-state index in [9.17, 15) is 4.79 Å². The van der Waals surface area contributed by atoms with Crippen molar-refractivity contribution in [1.29, 1.82) is 0 Å². The Bertz CT molecular complexity index is 129. The first kappa shape index (κ1) is 11.2. The van der Waals surface area contributed by atoms with Crippen LogP contribution in [0, 0.1) is 0 Å². The molecule has 0 aliphatic carbocycles. The lowest BCUT2D eigenvalue weighted by atomic mass is 10.1. The molecule has 0 heterocycles. The molecule has 0 aromatic heterocycles. The number of unbranched alkanes of at least 4 members (excludes halogenated alkanes) is 1. The zero-order valence-corrected chi connectivity index (χ0v) is 6.86. The van der Waals surface area contributed by atoms with E-state index < -0.39 is 12.1 Å². The lowest BCUT2D eigenvalue weighted by Gasteiger charge is -2.12. The summed E-state index contributed by atoms with van der Waals surface area (Å²) in [6.45, 7) is -0.0943. The van der Waals surface area contributed by atoms with Crippen molar-refractivity contribution < 1.29 is 20.1 Å². The summed E-state index contributed by atoms with van der Waals surface area (Å²) < 4.78 is 0. The van der Waals surface area contributed by atoms with Crippen LogP contribution in [0.1, 0.15) is 19.3 Å². The minimum atomic E-state index is -1.13. The third-order valence-electron chi connectivity index (χ3n) is 1.51. The van der Waals surface area contributed by atoms with Crippen molar-refractivity contribution >= 4 is 6.09 Å². The van der Waals surface area contributed by atoms with Gasteiger partial charge in [0.05, 0.1) is 12.6 Å². The highest BCUT2D eigenvalue weighted by atomic mass is 16.4. The summed E-state index contributed by atoms with van der Waals surface area (Å²) in [4.78, 5) is 10.1. The van der Waals surface area contributed by atoms with E-state index in [2.05, 4.69) is 5.32 Å². The van der Waals surface area contributed by atoms with Crippen LogP contribution in [0.25, 0.3) is 0 Å². The molecule has 5 nitrogen and oxygen atoms in total. The topological polar surface area (TPSA) is 89.8 Å². The summed E-state index contributed by atoms with van der Waals surface area (Å²) in [5.41, 5.74) is 0. The van der Waals surface area contributed by atoms with Crippen LogP contribution in [0.15, 0.2) is 0 Å². The molecule has 0 aromatic rings. The van der Waals surface area contributed by atoms with Crippen LogP contribution >= 0.6 is 0 Å². The molecule has 12 heavy (non-hydrogen) atoms. The molecule has 0 spiro atoms. The lowest BCUT2D eigenvalue weighted by molar-refractivity contribution is 0.174. The van der Waals surface area contributed by atoms with Gasteiger partial charge < -0.3 is 20.6 Å². The average Bonchev–Trinajstić information content (AvgIpc) is 2.02. The summed E-state index contributed by atoms with van der Waals surface area (Å²) in [6.07, 6.45) is 0.779. The highest BCUT2D eigenvalue weighted by Gasteiger charge is 2.08. The SMILES string of the molecule is O=C(O)N[C@@H](CO)CCCCO. The Morgan fingerprint density at radius 1 is 1.33 bits per heavy atom. The molecular formula is C7H15NO4. The van der Waals surface area contributed by atoms with Crippen LogP contribution in [0.5, 0.6) is 0 Å². The first-order chi connectivity index (χ1) is 5.70. The van der Waals surface area contributed by atoms with Gasteiger partial charge in [0.15, 0.2) is 0 Å². The Hall–Kier alpha value is -0.810. The number of rotatable bonds is 6. The van der Waals surface area contributed by atoms with E-state index in [4.69, 9.17) is 15.3 Å². The molecule has 0 aliphatic heterocycles. The maximum Gasteiger partial charge on any atom is 0.404 e. The summed E-state index contributed by atoms with van der Waals surface area (Å²) in [7, 11) is 0. The van der Waals surface area contributed by atoms with Gasteiger partial charge in [-0.15, -0.1) is 0 Å². The van der Waals surface area contributed by atoms with Crippen molar-refractivity contribution in [2.24, 2.45) is 0 Å². The second-order valence-corrected chi connectivity index (χ2v) is 2.55. The molecule has 0 rings (SSSR count). The molecular weight excluding hydrogens is 162 g/mol. The molecule has 0 saturated heterocycles. The molecule has 4 N–H and O–H groups in total. The molecule has 1 amide bonds. The smallest absolute Gasteiger partial charge is 0.404 e. The van der Waals surface area contributed by atoms with Gasteiger partial charge in [-0.2, -0.15) is 0 Å². The number of hydrogen-bond acceptors (Lipinski definition) is 3. The van der Waals surface area contributed by atoms with Gasteiger partial charge in [0, 0.05) is 6.61 Å². The van der Waals surface area contributed by atoms with E-state index in [1.807, 2.05) is 0 Å². The first-order valence-electron chi connectivity index (χ1n) is 3.92. The molecule has 0 aliphatic rings. The fourth-order valence-corrected chi connectivity index (χ4v) is 0.886. The van der Waals surface area contributed by atoms with Gasteiger partial charge in [0.2, 0.25) is 0 Å². The van der Waals surface area contributed by atoms with Crippen LogP contribution in [0.3, 0.4) is 0 Å². The Balaban J connectivity index is 3.46. The minimum Gasteiger partial charge on any atom is -0.465 e. The minimum absolute atomic E-state index is 0.102. The Labute approximate surface area is 71.0 Å². The summed E-state index contributed by atoms with van der Waals surface area (Å²) in [6, 6.07) is -0.408. The predicted molar refractivity (Wildman–Crippen MR) is 43.0 cm³/mol. The van der Waals surface area contributed by atoms with E-state index in [1.165, 1.54) is 0 Å². The number of aliphatic hydroxyl groups is 2. The molecule has 0 radical (unpaired) electrons. The number of amides is 1. The van der Waals surface area contributed by atoms with Gasteiger partial charge in [-0.3, -0.25) is 0 Å². The van der Waals surface area contributed by atoms with Crippen LogP contribution in [-0.4, -0.2) is 40.7 Å². The van der Waals surface area contributed by atoms with Gasteiger partial charge >= 0.3 is 6.09 Å². The van der Waals surface area contributed by atoms with E-state index >= 15 is 0 Å². The van der Waals surface area contributed by atoms with Crippen molar-refractivity contribution in [2.75, 3.05) is 13.2 Å². The third kappa shape index (κ3) is 5.94. The first-order valence-corrected chi connectivity index (χ1v) is 3.92. The molecule has 5 heteroatoms. The van der Waals surface area contributed by atoms with Crippen LogP contribution < -0.4 is 5.32 Å². The van der Waals surface area contributed by atoms with E-state index in [-0.39, 0.29) is 13.2 Å². The van der Waals surface area contributed by atoms with E-state index in [0.717, 1.165) is 0 Å². The Morgan fingerprint density at radius 2 is 2.00 bits per heavy atom. The van der Waals surface area contributed by atoms with Crippen molar-refractivity contribution in [2.45, 2.75) is 25.3 Å². The second kappa shape index (κ2) is 6.87. The molecule has 0 unspecified atom stereocenters. The number of carbonyl (C=O) groups is 1. The van der Waals surface area contributed by atoms with Gasteiger partial charge in [-0.05, 0) is 19.3 Å². The molecule has 0 saturated carbocycles. The second-order valence-electron chi connectivity index (χ2n) is 2.55. The van der Waals surface area contributed by atoms with Crippen LogP contribution in [-0.2, 0) is 0 Å². The van der Waals surface area contributed by atoms with Crippen molar-refractivity contribution in [1.82, 2.24) is 5.32 Å². The Kier molecular flexibility index (Phi) is 6.41. The van der Waals surface area contributed by atoms with Gasteiger partial charge in [0.25, 0.3) is 0 Å². The summed E-state index contributed by atoms with van der Waals surface area (Å²) in [5, 5.41) is 27.6. The van der Waals surface area contributed by atoms with Crippen LogP contribution in [0.2, 0.25) is 0 Å². The van der Waals surface area contributed by atoms with Gasteiger partial charge in [-0.1, -0.05) is 0 Å². The zero-order chi connectivity index (χ0) is 9.40. The standard InChI is InChI=1S/C7H15NO4/c9-4-2-1-3-6(5-10)8-7(11)12/h6,8-10H,1-5H2,(H,11,12)/t6-/m1/s1. The number of hydrogen-bond donors (Lipinski definition) is 4.